The van der Waals surface area contributed by atoms with E-state index in [1.807, 2.05) is 17.5 Å². The van der Waals surface area contributed by atoms with Gasteiger partial charge in [0.1, 0.15) is 0 Å². The van der Waals surface area contributed by atoms with Crippen LogP contribution in [0.3, 0.4) is 0 Å². The molecule has 1 aromatic heterocycles. The number of thiazole rings is 1. The van der Waals surface area contributed by atoms with E-state index in [-0.39, 0.29) is 0 Å². The number of nitrogens with zero attached hydrogens (tertiary/aromatic N) is 3. The summed E-state index contributed by atoms with van der Waals surface area (Å²) in [6, 6.07) is 0.686. The standard InChI is InChI=1S/C15H28N4S/c1-12(2)8-16-9-14-10-17-15(20-14)19(4)11-13-6-5-7-18(13)3/h10,12-13,16H,5-9,11H2,1-4H3. The Labute approximate surface area is 127 Å². The summed E-state index contributed by atoms with van der Waals surface area (Å²) in [6.07, 6.45) is 4.66. The van der Waals surface area contributed by atoms with E-state index in [9.17, 15) is 0 Å². The molecule has 1 aliphatic heterocycles. The van der Waals surface area contributed by atoms with Crippen molar-refractivity contribution in [1.82, 2.24) is 15.2 Å². The fourth-order valence-electron chi connectivity index (χ4n) is 2.64. The van der Waals surface area contributed by atoms with Gasteiger partial charge in [0.2, 0.25) is 0 Å². The third-order valence-corrected chi connectivity index (χ3v) is 4.99. The molecule has 4 nitrogen and oxygen atoms in total. The molecule has 20 heavy (non-hydrogen) atoms. The average molecular weight is 296 g/mol. The first-order valence-corrected chi connectivity index (χ1v) is 8.44. The highest BCUT2D eigenvalue weighted by atomic mass is 32.1. The maximum atomic E-state index is 4.57. The van der Waals surface area contributed by atoms with Crippen LogP contribution in [0.4, 0.5) is 5.13 Å². The first kappa shape index (κ1) is 15.7. The smallest absolute Gasteiger partial charge is 0.185 e. The maximum Gasteiger partial charge on any atom is 0.185 e. The van der Waals surface area contributed by atoms with E-state index in [0.717, 1.165) is 24.8 Å². The first-order valence-electron chi connectivity index (χ1n) is 7.63. The highest BCUT2D eigenvalue weighted by Gasteiger charge is 2.22. The highest BCUT2D eigenvalue weighted by Crippen LogP contribution is 2.24. The van der Waals surface area contributed by atoms with Gasteiger partial charge in [-0.2, -0.15) is 0 Å². The van der Waals surface area contributed by atoms with Gasteiger partial charge >= 0.3 is 0 Å². The van der Waals surface area contributed by atoms with Gasteiger partial charge in [-0.25, -0.2) is 4.98 Å². The molecule has 1 unspecified atom stereocenters. The molecular weight excluding hydrogens is 268 g/mol. The number of likely N-dealkylation sites (tertiary alicyclic amines) is 1. The molecular formula is C15H28N4S. The van der Waals surface area contributed by atoms with Crippen LogP contribution in [0.25, 0.3) is 0 Å². The third kappa shape index (κ3) is 4.43. The van der Waals surface area contributed by atoms with Crippen molar-refractivity contribution in [1.29, 1.82) is 0 Å². The van der Waals surface area contributed by atoms with E-state index in [1.165, 1.54) is 24.3 Å². The van der Waals surface area contributed by atoms with E-state index in [4.69, 9.17) is 0 Å². The number of hydrogen-bond donors (Lipinski definition) is 1. The Hall–Kier alpha value is -0.650. The molecule has 0 bridgehead atoms. The lowest BCUT2D eigenvalue weighted by molar-refractivity contribution is 0.314. The molecule has 114 valence electrons. The quantitative estimate of drug-likeness (QED) is 0.837. The molecule has 1 aromatic rings. The van der Waals surface area contributed by atoms with Gasteiger partial charge in [-0.3, -0.25) is 0 Å². The van der Waals surface area contributed by atoms with Crippen LogP contribution in [0.1, 0.15) is 31.6 Å². The lowest BCUT2D eigenvalue weighted by atomic mass is 10.2. The zero-order valence-corrected chi connectivity index (χ0v) is 14.0. The molecule has 2 rings (SSSR count). The minimum Gasteiger partial charge on any atom is -0.350 e. The lowest BCUT2D eigenvalue weighted by Gasteiger charge is -2.25. The third-order valence-electron chi connectivity index (χ3n) is 3.88. The summed E-state index contributed by atoms with van der Waals surface area (Å²) in [5.74, 6) is 0.697. The maximum absolute atomic E-state index is 4.57. The van der Waals surface area contributed by atoms with Crippen molar-refractivity contribution >= 4 is 16.5 Å². The Morgan fingerprint density at radius 3 is 3.00 bits per heavy atom. The van der Waals surface area contributed by atoms with Gasteiger partial charge in [0, 0.05) is 37.3 Å². The summed E-state index contributed by atoms with van der Waals surface area (Å²) in [5.41, 5.74) is 0. The predicted octanol–water partition coefficient (Wildman–Crippen LogP) is 2.42. The van der Waals surface area contributed by atoms with Gasteiger partial charge in [0.05, 0.1) is 0 Å². The number of anilines is 1. The lowest BCUT2D eigenvalue weighted by Crippen LogP contribution is -2.36. The van der Waals surface area contributed by atoms with Gasteiger partial charge in [0.25, 0.3) is 0 Å². The van der Waals surface area contributed by atoms with Crippen LogP contribution in [0, 0.1) is 5.92 Å². The molecule has 1 fully saturated rings. The Morgan fingerprint density at radius 2 is 2.35 bits per heavy atom. The predicted molar refractivity (Wildman–Crippen MR) is 87.6 cm³/mol. The van der Waals surface area contributed by atoms with Gasteiger partial charge in [0.15, 0.2) is 5.13 Å². The minimum atomic E-state index is 0.686. The minimum absolute atomic E-state index is 0.686. The Morgan fingerprint density at radius 1 is 1.55 bits per heavy atom. The molecule has 0 amide bonds. The van der Waals surface area contributed by atoms with Crippen LogP contribution >= 0.6 is 11.3 Å². The summed E-state index contributed by atoms with van der Waals surface area (Å²) < 4.78 is 0. The van der Waals surface area contributed by atoms with Gasteiger partial charge in [-0.05, 0) is 38.9 Å². The Balaban J connectivity index is 1.81. The molecule has 1 atom stereocenters. The zero-order valence-electron chi connectivity index (χ0n) is 13.2. The fourth-order valence-corrected chi connectivity index (χ4v) is 3.49. The monoisotopic (exact) mass is 296 g/mol. The second-order valence-electron chi connectivity index (χ2n) is 6.29. The number of aromatic nitrogens is 1. The number of hydrogen-bond acceptors (Lipinski definition) is 5. The van der Waals surface area contributed by atoms with E-state index >= 15 is 0 Å². The van der Waals surface area contributed by atoms with Crippen LogP contribution < -0.4 is 10.2 Å². The van der Waals surface area contributed by atoms with E-state index in [2.05, 4.69) is 48.0 Å². The van der Waals surface area contributed by atoms with E-state index in [0.29, 0.717) is 12.0 Å². The average Bonchev–Trinajstić information content (AvgIpc) is 2.99. The van der Waals surface area contributed by atoms with Crippen LogP contribution in [0.5, 0.6) is 0 Å². The van der Waals surface area contributed by atoms with Crippen molar-refractivity contribution in [3.63, 3.8) is 0 Å². The van der Waals surface area contributed by atoms with Gasteiger partial charge in [-0.15, -0.1) is 11.3 Å². The van der Waals surface area contributed by atoms with E-state index in [1.54, 1.807) is 0 Å². The molecule has 1 saturated heterocycles. The summed E-state index contributed by atoms with van der Waals surface area (Å²) >= 11 is 1.81. The van der Waals surface area contributed by atoms with E-state index < -0.39 is 0 Å². The second-order valence-corrected chi connectivity index (χ2v) is 7.38. The van der Waals surface area contributed by atoms with Crippen LogP contribution in [-0.2, 0) is 6.54 Å². The van der Waals surface area contributed by atoms with Crippen molar-refractivity contribution in [2.45, 2.75) is 39.3 Å². The molecule has 0 radical (unpaired) electrons. The molecule has 0 saturated carbocycles. The second kappa shape index (κ2) is 7.38. The SMILES string of the molecule is CC(C)CNCc1cnc(N(C)CC2CCCN2C)s1. The molecule has 1 aliphatic rings. The molecule has 0 aliphatic carbocycles. The normalized spacial score (nSPS) is 19.9. The van der Waals surface area contributed by atoms with Crippen molar-refractivity contribution in [3.05, 3.63) is 11.1 Å². The van der Waals surface area contributed by atoms with Gasteiger partial charge < -0.3 is 15.1 Å². The summed E-state index contributed by atoms with van der Waals surface area (Å²) in [6.45, 7) is 8.79. The Kier molecular flexibility index (Phi) is 5.81. The summed E-state index contributed by atoms with van der Waals surface area (Å²) in [5, 5.41) is 4.62. The van der Waals surface area contributed by atoms with Gasteiger partial charge in [-0.1, -0.05) is 13.8 Å². The van der Waals surface area contributed by atoms with Crippen molar-refractivity contribution in [2.24, 2.45) is 5.92 Å². The number of rotatable bonds is 7. The van der Waals surface area contributed by atoms with Crippen molar-refractivity contribution < 1.29 is 0 Å². The molecule has 0 spiro atoms. The number of likely N-dealkylation sites (N-methyl/N-ethyl adjacent to an activating group) is 2. The molecule has 0 aromatic carbocycles. The topological polar surface area (TPSA) is 31.4 Å². The van der Waals surface area contributed by atoms with Crippen molar-refractivity contribution in [2.75, 3.05) is 38.6 Å². The van der Waals surface area contributed by atoms with Crippen LogP contribution in [0.2, 0.25) is 0 Å². The number of nitrogens with one attached hydrogen (secondary N) is 1. The zero-order chi connectivity index (χ0) is 14.5. The van der Waals surface area contributed by atoms with Crippen molar-refractivity contribution in [3.8, 4) is 0 Å². The fraction of sp³-hybridized carbons (Fsp3) is 0.800. The largest absolute Gasteiger partial charge is 0.350 e. The Bertz CT molecular complexity index is 404. The molecule has 1 N–H and O–H groups in total. The molecule has 5 heteroatoms. The highest BCUT2D eigenvalue weighted by molar-refractivity contribution is 7.15. The first-order chi connectivity index (χ1) is 9.56. The summed E-state index contributed by atoms with van der Waals surface area (Å²) in [7, 11) is 4.39. The summed E-state index contributed by atoms with van der Waals surface area (Å²) in [4.78, 5) is 10.7. The van der Waals surface area contributed by atoms with Crippen LogP contribution in [-0.4, -0.2) is 49.7 Å². The molecule has 2 heterocycles. The van der Waals surface area contributed by atoms with Crippen LogP contribution in [0.15, 0.2) is 6.20 Å².